The number of alkyl halides is 3. The van der Waals surface area contributed by atoms with Gasteiger partial charge in [-0.05, 0) is 24.3 Å². The summed E-state index contributed by atoms with van der Waals surface area (Å²) in [5.74, 6) is -0.893. The van der Waals surface area contributed by atoms with Crippen molar-refractivity contribution in [2.45, 2.75) is 6.18 Å². The van der Waals surface area contributed by atoms with Gasteiger partial charge in [-0.2, -0.15) is 18.2 Å². The van der Waals surface area contributed by atoms with Crippen molar-refractivity contribution < 1.29 is 22.8 Å². The Morgan fingerprint density at radius 3 is 2.29 bits per heavy atom. The Balaban J connectivity index is 2.26. The molecule has 0 atom stereocenters. The van der Waals surface area contributed by atoms with E-state index in [2.05, 4.69) is 14.8 Å². The molecule has 5 nitrogen and oxygen atoms in total. The number of carbonyl (C=O) groups excluding carboxylic acids is 1. The molecule has 2 aromatic heterocycles. The number of rotatable bonds is 4. The average Bonchev–Trinajstić information content (AvgIpc) is 2.48. The fourth-order valence-electron chi connectivity index (χ4n) is 1.43. The Labute approximate surface area is 118 Å². The van der Waals surface area contributed by atoms with E-state index in [9.17, 15) is 18.0 Å². The number of hydroxylamine groups is 1. The number of amides is 1. The van der Waals surface area contributed by atoms with Gasteiger partial charge in [0, 0.05) is 12.4 Å². The van der Waals surface area contributed by atoms with Crippen LogP contribution in [0.15, 0.2) is 48.8 Å². The lowest BCUT2D eigenvalue weighted by molar-refractivity contribution is -0.174. The first kappa shape index (κ1) is 14.9. The molecule has 0 spiro atoms. The second-order valence-electron chi connectivity index (χ2n) is 3.89. The van der Waals surface area contributed by atoms with E-state index in [1.165, 1.54) is 30.6 Å². The molecule has 2 heterocycles. The summed E-state index contributed by atoms with van der Waals surface area (Å²) in [6.07, 6.45) is -1.88. The molecule has 2 aromatic rings. The zero-order chi connectivity index (χ0) is 15.3. The summed E-state index contributed by atoms with van der Waals surface area (Å²) in [5, 5.41) is 0.482. The molecular formula is C13H10F3N3O2. The molecule has 0 bridgehead atoms. The van der Waals surface area contributed by atoms with E-state index < -0.39 is 18.7 Å². The van der Waals surface area contributed by atoms with Gasteiger partial charge in [0.25, 0.3) is 0 Å². The monoisotopic (exact) mass is 297 g/mol. The van der Waals surface area contributed by atoms with E-state index in [0.717, 1.165) is 0 Å². The highest BCUT2D eigenvalue weighted by molar-refractivity contribution is 6.02. The van der Waals surface area contributed by atoms with Crippen molar-refractivity contribution in [3.63, 3.8) is 0 Å². The highest BCUT2D eigenvalue weighted by Crippen LogP contribution is 2.19. The minimum absolute atomic E-state index is 0.0506. The lowest BCUT2D eigenvalue weighted by Gasteiger charge is -2.21. The standard InChI is InChI=1S/C13H10F3N3O2/c14-13(15,16)9-21-19(11-6-2-4-8-18-11)12(20)10-5-1-3-7-17-10/h1-8H,9H2. The molecule has 0 aliphatic rings. The smallest absolute Gasteiger partial charge is 0.264 e. The third kappa shape index (κ3) is 4.25. The van der Waals surface area contributed by atoms with Crippen LogP contribution < -0.4 is 5.06 Å². The summed E-state index contributed by atoms with van der Waals surface area (Å²) in [7, 11) is 0. The SMILES string of the molecule is O=C(c1ccccn1)N(OCC(F)(F)F)c1ccccn1. The van der Waals surface area contributed by atoms with Crippen molar-refractivity contribution >= 4 is 11.7 Å². The number of aromatic nitrogens is 2. The van der Waals surface area contributed by atoms with E-state index in [4.69, 9.17) is 0 Å². The van der Waals surface area contributed by atoms with Crippen molar-refractivity contribution in [3.8, 4) is 0 Å². The largest absolute Gasteiger partial charge is 0.414 e. The lowest BCUT2D eigenvalue weighted by Crippen LogP contribution is -2.36. The maximum absolute atomic E-state index is 12.3. The molecule has 0 aliphatic carbocycles. The number of anilines is 1. The van der Waals surface area contributed by atoms with Crippen LogP contribution in [-0.4, -0.2) is 28.7 Å². The predicted molar refractivity (Wildman–Crippen MR) is 67.3 cm³/mol. The molecule has 0 fully saturated rings. The average molecular weight is 297 g/mol. The maximum Gasteiger partial charge on any atom is 0.414 e. The molecule has 0 aliphatic heterocycles. The van der Waals surface area contributed by atoms with Gasteiger partial charge in [0.15, 0.2) is 12.4 Å². The molecule has 0 N–H and O–H groups in total. The fourth-order valence-corrected chi connectivity index (χ4v) is 1.43. The molecule has 0 radical (unpaired) electrons. The highest BCUT2D eigenvalue weighted by Gasteiger charge is 2.32. The molecule has 110 valence electrons. The summed E-state index contributed by atoms with van der Waals surface area (Å²) in [6, 6.07) is 8.94. The molecular weight excluding hydrogens is 287 g/mol. The molecule has 21 heavy (non-hydrogen) atoms. The van der Waals surface area contributed by atoms with E-state index in [0.29, 0.717) is 5.06 Å². The Hall–Kier alpha value is -2.48. The van der Waals surface area contributed by atoms with Crippen LogP contribution in [0.4, 0.5) is 19.0 Å². The van der Waals surface area contributed by atoms with Gasteiger partial charge >= 0.3 is 12.1 Å². The molecule has 2 rings (SSSR count). The van der Waals surface area contributed by atoms with Gasteiger partial charge in [-0.1, -0.05) is 12.1 Å². The molecule has 0 aromatic carbocycles. The van der Waals surface area contributed by atoms with Crippen LogP contribution in [-0.2, 0) is 4.84 Å². The van der Waals surface area contributed by atoms with Gasteiger partial charge in [-0.25, -0.2) is 4.98 Å². The fraction of sp³-hybridized carbons (Fsp3) is 0.154. The lowest BCUT2D eigenvalue weighted by atomic mass is 10.3. The third-order valence-corrected chi connectivity index (χ3v) is 2.28. The number of nitrogens with zero attached hydrogens (tertiary/aromatic N) is 3. The van der Waals surface area contributed by atoms with Gasteiger partial charge < -0.3 is 0 Å². The van der Waals surface area contributed by atoms with Crippen molar-refractivity contribution in [1.29, 1.82) is 0 Å². The zero-order valence-electron chi connectivity index (χ0n) is 10.6. The number of pyridine rings is 2. The number of halogens is 3. The first-order valence-electron chi connectivity index (χ1n) is 5.83. The second-order valence-corrected chi connectivity index (χ2v) is 3.89. The first-order chi connectivity index (χ1) is 9.97. The van der Waals surface area contributed by atoms with Crippen LogP contribution in [0.25, 0.3) is 0 Å². The first-order valence-corrected chi connectivity index (χ1v) is 5.83. The molecule has 8 heteroatoms. The Bertz CT molecular complexity index is 591. The summed E-state index contributed by atoms with van der Waals surface area (Å²) >= 11 is 0. The van der Waals surface area contributed by atoms with Gasteiger partial charge in [0.2, 0.25) is 0 Å². The van der Waals surface area contributed by atoms with Crippen LogP contribution in [0.3, 0.4) is 0 Å². The van der Waals surface area contributed by atoms with Gasteiger partial charge in [0.05, 0.1) is 0 Å². The summed E-state index contributed by atoms with van der Waals surface area (Å²) in [5.41, 5.74) is -0.0506. The van der Waals surface area contributed by atoms with Crippen molar-refractivity contribution in [3.05, 3.63) is 54.5 Å². The van der Waals surface area contributed by atoms with Crippen LogP contribution in [0, 0.1) is 0 Å². The topological polar surface area (TPSA) is 55.3 Å². The molecule has 0 unspecified atom stereocenters. The third-order valence-electron chi connectivity index (χ3n) is 2.28. The minimum Gasteiger partial charge on any atom is -0.264 e. The van der Waals surface area contributed by atoms with Gasteiger partial charge in [0.1, 0.15) is 5.69 Å². The van der Waals surface area contributed by atoms with E-state index >= 15 is 0 Å². The van der Waals surface area contributed by atoms with Crippen LogP contribution in [0.2, 0.25) is 0 Å². The van der Waals surface area contributed by atoms with Crippen LogP contribution >= 0.6 is 0 Å². The van der Waals surface area contributed by atoms with Gasteiger partial charge in [-0.15, -0.1) is 0 Å². The molecule has 0 saturated carbocycles. The maximum atomic E-state index is 12.3. The molecule has 1 amide bonds. The second kappa shape index (κ2) is 6.31. The summed E-state index contributed by atoms with van der Waals surface area (Å²) < 4.78 is 36.9. The van der Waals surface area contributed by atoms with Crippen molar-refractivity contribution in [1.82, 2.24) is 9.97 Å². The van der Waals surface area contributed by atoms with E-state index in [-0.39, 0.29) is 11.5 Å². The Morgan fingerprint density at radius 2 is 1.76 bits per heavy atom. The normalized spacial score (nSPS) is 11.2. The number of hydrogen-bond acceptors (Lipinski definition) is 4. The number of hydrogen-bond donors (Lipinski definition) is 0. The Kier molecular flexibility index (Phi) is 4.49. The Morgan fingerprint density at radius 1 is 1.10 bits per heavy atom. The van der Waals surface area contributed by atoms with Crippen molar-refractivity contribution in [2.75, 3.05) is 11.7 Å². The van der Waals surface area contributed by atoms with E-state index in [1.807, 2.05) is 0 Å². The quantitative estimate of drug-likeness (QED) is 0.814. The predicted octanol–water partition coefficient (Wildman–Crippen LogP) is 2.62. The zero-order valence-corrected chi connectivity index (χ0v) is 10.6. The highest BCUT2D eigenvalue weighted by atomic mass is 19.4. The van der Waals surface area contributed by atoms with Gasteiger partial charge in [-0.3, -0.25) is 14.6 Å². The van der Waals surface area contributed by atoms with E-state index in [1.54, 1.807) is 18.2 Å². The summed E-state index contributed by atoms with van der Waals surface area (Å²) in [6.45, 7) is -1.61. The molecule has 0 saturated heterocycles. The van der Waals surface area contributed by atoms with Crippen LogP contribution in [0.1, 0.15) is 10.5 Å². The minimum atomic E-state index is -4.57. The number of carbonyl (C=O) groups is 1. The van der Waals surface area contributed by atoms with Crippen LogP contribution in [0.5, 0.6) is 0 Å². The summed E-state index contributed by atoms with van der Waals surface area (Å²) in [4.78, 5) is 24.4. The van der Waals surface area contributed by atoms with Crippen molar-refractivity contribution in [2.24, 2.45) is 0 Å².